The van der Waals surface area contributed by atoms with Crippen LogP contribution in [0.4, 0.5) is 70.2 Å². The van der Waals surface area contributed by atoms with Gasteiger partial charge in [-0.05, 0) is 100 Å². The Labute approximate surface area is 487 Å². The molecule has 2 aliphatic heterocycles. The van der Waals surface area contributed by atoms with Crippen molar-refractivity contribution in [1.29, 1.82) is 5.26 Å². The molecule has 8 rings (SSSR count). The molecule has 2 aromatic heterocycles. The first-order valence-electron chi connectivity index (χ1n) is 24.6. The molecule has 0 aliphatic carbocycles. The maximum Gasteiger partial charge on any atom is 0.416 e. The van der Waals surface area contributed by atoms with Crippen LogP contribution in [0, 0.1) is 23.2 Å². The predicted octanol–water partition coefficient (Wildman–Crippen LogP) is 14.3. The number of likely N-dealkylation sites (tertiary alicyclic amines) is 2. The summed E-state index contributed by atoms with van der Waals surface area (Å²) in [5, 5.41) is 28.0. The summed E-state index contributed by atoms with van der Waals surface area (Å²) in [4.78, 5) is 13.8. The molecule has 0 radical (unpaired) electrons. The standard InChI is InChI=1S/C26H24F8N4O3S.C26H21F8N3O2S.ClH.H3NO/c27-24(28)41-20-11-17(5-6-18(20)22(35)37-39)40-13-21-19(12-38-9-7-16(8-10-38)26(32,33)34)36-23(42-21)14-1-3-15(4-2-14)25(29,30)31;27-24(28)39-21-11-19(6-3-16(21)12-35)38-14-22-20(13-37-9-7-18(8-10-37)26(32,33)34)36-23(40-22)15-1-4-17(5-2-15)25(29,30)31;;1-2/h1-6,11,16,24,39H,7-10,12-13H2,(H2,35,37);1-6,11,18,24H,7-10,13-14H2;1H;2H,1H2. The Morgan fingerprint density at radius 1 is 0.612 bits per heavy atom. The molecule has 2 saturated heterocycles. The molecule has 0 atom stereocenters. The third kappa shape index (κ3) is 19.6. The highest BCUT2D eigenvalue weighted by Gasteiger charge is 2.42. The number of nitrogens with zero attached hydrogens (tertiary/aromatic N) is 6. The number of nitrogens with two attached hydrogens (primary N) is 2. The van der Waals surface area contributed by atoms with Crippen molar-refractivity contribution < 1.29 is 99.6 Å². The van der Waals surface area contributed by atoms with Gasteiger partial charge in [-0.1, -0.05) is 29.4 Å². The van der Waals surface area contributed by atoms with Gasteiger partial charge in [0.2, 0.25) is 0 Å². The van der Waals surface area contributed by atoms with Crippen molar-refractivity contribution in [1.82, 2.24) is 19.8 Å². The number of ether oxygens (including phenoxy) is 4. The topological polar surface area (TPSA) is 198 Å². The number of rotatable bonds is 17. The van der Waals surface area contributed by atoms with Crippen molar-refractivity contribution in [3.05, 3.63) is 128 Å². The van der Waals surface area contributed by atoms with Gasteiger partial charge < -0.3 is 35.1 Å². The average Bonchev–Trinajstić information content (AvgIpc) is 4.29. The second kappa shape index (κ2) is 30.0. The smallest absolute Gasteiger partial charge is 0.416 e. The number of piperidine rings is 2. The molecule has 14 nitrogen and oxygen atoms in total. The second-order valence-electron chi connectivity index (χ2n) is 18.4. The zero-order valence-electron chi connectivity index (χ0n) is 43.5. The van der Waals surface area contributed by atoms with Crippen molar-refractivity contribution in [2.75, 3.05) is 26.2 Å². The highest BCUT2D eigenvalue weighted by atomic mass is 35.5. The number of nitriles is 1. The molecule has 0 bridgehead atoms. The fraction of sp³-hybridized carbons (Fsp3) is 0.385. The van der Waals surface area contributed by atoms with Crippen LogP contribution < -0.4 is 30.6 Å². The van der Waals surface area contributed by atoms with E-state index >= 15 is 0 Å². The lowest BCUT2D eigenvalue weighted by molar-refractivity contribution is -0.186. The summed E-state index contributed by atoms with van der Waals surface area (Å²) >= 11 is 2.25. The molecule has 6 N–H and O–H groups in total. The molecule has 0 saturated carbocycles. The lowest BCUT2D eigenvalue weighted by Gasteiger charge is -2.32. The summed E-state index contributed by atoms with van der Waals surface area (Å²) in [7, 11) is 0. The number of aromatic nitrogens is 2. The van der Waals surface area contributed by atoms with E-state index in [2.05, 4.69) is 30.5 Å². The lowest BCUT2D eigenvalue weighted by Crippen LogP contribution is -2.38. The van der Waals surface area contributed by atoms with Gasteiger partial charge in [0.25, 0.3) is 0 Å². The molecule has 85 heavy (non-hydrogen) atoms. The zero-order valence-corrected chi connectivity index (χ0v) is 46.0. The van der Waals surface area contributed by atoms with Crippen LogP contribution >= 0.6 is 35.1 Å². The molecule has 0 spiro atoms. The largest absolute Gasteiger partial charge is 0.488 e. The second-order valence-corrected chi connectivity index (χ2v) is 20.5. The molecule has 464 valence electrons. The van der Waals surface area contributed by atoms with Crippen molar-refractivity contribution in [3.8, 4) is 50.2 Å². The van der Waals surface area contributed by atoms with E-state index in [1.54, 1.807) is 11.0 Å². The summed E-state index contributed by atoms with van der Waals surface area (Å²) in [5.41, 5.74) is 5.35. The van der Waals surface area contributed by atoms with E-state index in [0.29, 0.717) is 42.3 Å². The molecule has 4 heterocycles. The summed E-state index contributed by atoms with van der Waals surface area (Å²) in [6.07, 6.45) is -17.9. The molecule has 6 aromatic rings. The Morgan fingerprint density at radius 2 is 0.988 bits per heavy atom. The highest BCUT2D eigenvalue weighted by molar-refractivity contribution is 7.15. The van der Waals surface area contributed by atoms with Gasteiger partial charge in [-0.25, -0.2) is 15.9 Å². The molecule has 2 fully saturated rings. The Kier molecular flexibility index (Phi) is 24.3. The minimum Gasteiger partial charge on any atom is -0.488 e. The number of halogens is 17. The van der Waals surface area contributed by atoms with Crippen molar-refractivity contribution in [2.45, 2.75) is 89.9 Å². The normalized spacial score (nSPS) is 15.1. The maximum absolute atomic E-state index is 13.1. The van der Waals surface area contributed by atoms with Crippen LogP contribution in [0.5, 0.6) is 23.0 Å². The monoisotopic (exact) mass is 1280 g/mol. The fourth-order valence-corrected chi connectivity index (χ4v) is 10.6. The number of hydrogen-bond donors (Lipinski definition) is 4. The number of alkyl halides is 16. The van der Waals surface area contributed by atoms with E-state index in [4.69, 9.17) is 30.9 Å². The van der Waals surface area contributed by atoms with Crippen LogP contribution in [0.2, 0.25) is 0 Å². The van der Waals surface area contributed by atoms with Gasteiger partial charge in [0.15, 0.2) is 5.84 Å². The van der Waals surface area contributed by atoms with Crippen LogP contribution in [0.3, 0.4) is 0 Å². The van der Waals surface area contributed by atoms with Crippen LogP contribution in [0.25, 0.3) is 21.1 Å². The molecule has 2 aliphatic rings. The van der Waals surface area contributed by atoms with Gasteiger partial charge in [0.1, 0.15) is 52.3 Å². The molecular formula is C52H49ClF16N8O6S2. The lowest BCUT2D eigenvalue weighted by atomic mass is 9.96. The van der Waals surface area contributed by atoms with E-state index in [0.717, 1.165) is 59.1 Å². The Hall–Kier alpha value is -6.89. The SMILES string of the molecule is Cl.N#Cc1ccc(OCc2sc(-c3ccc(C(F)(F)F)cc3)nc2CN2CCC(C(F)(F)F)CC2)cc1OC(F)F.NC(=NO)c1ccc(OCc2sc(-c3ccc(C(F)(F)F)cc3)nc2CN2CCC(C(F)(F)F)CC2)cc1OC(F)F.NO. The number of hydrogen-bond acceptors (Lipinski definition) is 15. The van der Waals surface area contributed by atoms with Crippen molar-refractivity contribution >= 4 is 40.9 Å². The molecule has 0 amide bonds. The van der Waals surface area contributed by atoms with Gasteiger partial charge in [0.05, 0.1) is 55.2 Å². The van der Waals surface area contributed by atoms with Gasteiger partial charge in [-0.3, -0.25) is 9.80 Å². The first-order chi connectivity index (χ1) is 39.6. The van der Waals surface area contributed by atoms with Crippen molar-refractivity contribution in [3.63, 3.8) is 0 Å². The summed E-state index contributed by atoms with van der Waals surface area (Å²) < 4.78 is 228. The first kappa shape index (κ1) is 68.9. The summed E-state index contributed by atoms with van der Waals surface area (Å²) in [5.74, 6) is -0.370. The van der Waals surface area contributed by atoms with E-state index in [9.17, 15) is 70.2 Å². The van der Waals surface area contributed by atoms with Gasteiger partial charge in [0, 0.05) is 36.3 Å². The third-order valence-corrected chi connectivity index (χ3v) is 15.1. The van der Waals surface area contributed by atoms with Gasteiger partial charge >= 0.3 is 37.9 Å². The van der Waals surface area contributed by atoms with Crippen LogP contribution in [-0.2, 0) is 38.7 Å². The maximum atomic E-state index is 13.1. The van der Waals surface area contributed by atoms with Crippen LogP contribution in [0.1, 0.15) is 69.1 Å². The average molecular weight is 1290 g/mol. The van der Waals surface area contributed by atoms with Gasteiger partial charge in [-0.2, -0.15) is 75.5 Å². The fourth-order valence-electron chi connectivity index (χ4n) is 8.58. The molecule has 33 heteroatoms. The Morgan fingerprint density at radius 3 is 1.34 bits per heavy atom. The quantitative estimate of drug-likeness (QED) is 0.0221. The van der Waals surface area contributed by atoms with E-state index in [1.165, 1.54) is 48.5 Å². The summed E-state index contributed by atoms with van der Waals surface area (Å²) in [6.45, 7) is -5.59. The number of benzene rings is 4. The summed E-state index contributed by atoms with van der Waals surface area (Å²) in [6, 6.07) is 18.0. The number of oxime groups is 1. The predicted molar refractivity (Wildman–Crippen MR) is 278 cm³/mol. The molecular weight excluding hydrogens is 1240 g/mol. The van der Waals surface area contributed by atoms with Gasteiger partial charge in [-0.15, -0.1) is 35.1 Å². The minimum atomic E-state index is -4.52. The highest BCUT2D eigenvalue weighted by Crippen LogP contribution is 2.40. The third-order valence-electron chi connectivity index (χ3n) is 12.9. The Balaban J connectivity index is 0.000000299. The minimum absolute atomic E-state index is 0. The molecule has 4 aromatic carbocycles. The van der Waals surface area contributed by atoms with E-state index in [1.807, 2.05) is 4.90 Å². The molecule has 0 unspecified atom stereocenters. The van der Waals surface area contributed by atoms with Crippen LogP contribution in [0.15, 0.2) is 90.1 Å². The first-order valence-corrected chi connectivity index (χ1v) is 26.2. The van der Waals surface area contributed by atoms with Crippen LogP contribution in [-0.4, -0.2) is 87.8 Å². The Bertz CT molecular complexity index is 3160. The van der Waals surface area contributed by atoms with Crippen molar-refractivity contribution in [2.24, 2.45) is 28.6 Å². The van der Waals surface area contributed by atoms with E-state index in [-0.39, 0.29) is 119 Å². The zero-order chi connectivity index (χ0) is 61.7. The number of amidine groups is 1. The van der Waals surface area contributed by atoms with E-state index < -0.39 is 72.5 Å². The number of thiazole rings is 2.